The van der Waals surface area contributed by atoms with Gasteiger partial charge in [0.05, 0.1) is 24.7 Å². The van der Waals surface area contributed by atoms with Gasteiger partial charge in [0.1, 0.15) is 12.1 Å². The number of methoxy groups -OCH3 is 1. The smallest absolute Gasteiger partial charge is 0.240 e. The summed E-state index contributed by atoms with van der Waals surface area (Å²) in [5.41, 5.74) is 0.417. The molecule has 5 saturated carbocycles. The second-order valence-electron chi connectivity index (χ2n) is 20.8. The van der Waals surface area contributed by atoms with Gasteiger partial charge in [-0.3, -0.25) is 14.4 Å². The lowest BCUT2D eigenvalue weighted by Gasteiger charge is -2.62. The van der Waals surface area contributed by atoms with Crippen LogP contribution in [-0.4, -0.2) is 134 Å². The summed E-state index contributed by atoms with van der Waals surface area (Å²) >= 11 is 0. The summed E-state index contributed by atoms with van der Waals surface area (Å²) in [6.45, 7) is 16.5. The maximum Gasteiger partial charge on any atom is 0.240 e. The number of nitrogens with one attached hydrogen (secondary N) is 2. The van der Waals surface area contributed by atoms with Crippen molar-refractivity contribution < 1.29 is 29.4 Å². The SMILES string of the molecule is COC1C(CN2O[C@@H](CO)[C@@H]([C@H](C)O)[C@H]2C(=O)N[C@H]2C[C@H]3C[C@@H]([C@@H]2C)C3(C)C)CCCC1C1CCC(N(C)C)C(C(=O)N[C@H](CN(C)C)CC(C)(C)C)C1. The number of hydrogen-bond acceptors (Lipinski definition) is 9. The molecule has 0 spiro atoms. The number of likely N-dealkylation sites (N-methyl/N-ethyl adjacent to an activating group) is 1. The molecule has 1 heterocycles. The Kier molecular flexibility index (Phi) is 14.3. The van der Waals surface area contributed by atoms with Crippen molar-refractivity contribution in [1.82, 2.24) is 25.5 Å². The molecule has 2 amide bonds. The van der Waals surface area contributed by atoms with Crippen LogP contribution in [0.1, 0.15) is 106 Å². The molecule has 0 aromatic heterocycles. The average Bonchev–Trinajstić information content (AvgIpc) is 3.46. The second-order valence-corrected chi connectivity index (χ2v) is 20.8. The Morgan fingerprint density at radius 2 is 1.74 bits per heavy atom. The first kappa shape index (κ1) is 43.8. The van der Waals surface area contributed by atoms with Gasteiger partial charge in [-0.25, -0.2) is 0 Å². The molecular formula is C43H79N5O6. The molecule has 5 aliphatic carbocycles. The molecule has 1 aliphatic heterocycles. The third-order valence-electron chi connectivity index (χ3n) is 15.0. The Bertz CT molecular complexity index is 1260. The van der Waals surface area contributed by atoms with Gasteiger partial charge < -0.3 is 35.4 Å². The first-order valence-corrected chi connectivity index (χ1v) is 21.4. The zero-order valence-electron chi connectivity index (χ0n) is 36.0. The minimum atomic E-state index is -0.827. The molecule has 6 rings (SSSR count). The standard InChI is InChI=1S/C43H79N5O6/c1-25-33-19-29(43(33,6)7)20-34(25)45-41(52)38-37(26(2)50)36(24-49)54-48(38)22-28-14-13-15-31(39(28)53-12)27-16-17-35(47(10)11)32(18-27)40(51)44-30(23-46(8)9)21-42(3,4)5/h25-39,49-50H,13-24H2,1-12H3,(H,44,51)(H,45,52)/t25-,26-,27?,28?,29+,30-,31?,32?,33-,34-,35?,36-,37+,38-,39?/m0/s1. The van der Waals surface area contributed by atoms with Gasteiger partial charge in [-0.1, -0.05) is 48.0 Å². The van der Waals surface area contributed by atoms with Gasteiger partial charge in [0.25, 0.3) is 0 Å². The molecule has 6 fully saturated rings. The van der Waals surface area contributed by atoms with E-state index in [1.807, 2.05) is 7.11 Å². The minimum Gasteiger partial charge on any atom is -0.394 e. The van der Waals surface area contributed by atoms with Gasteiger partial charge in [-0.15, -0.1) is 0 Å². The van der Waals surface area contributed by atoms with Gasteiger partial charge >= 0.3 is 0 Å². The topological polar surface area (TPSA) is 127 Å². The predicted molar refractivity (Wildman–Crippen MR) is 213 cm³/mol. The van der Waals surface area contributed by atoms with Crippen molar-refractivity contribution in [1.29, 1.82) is 0 Å². The van der Waals surface area contributed by atoms with Crippen LogP contribution < -0.4 is 10.6 Å². The molecule has 0 aromatic rings. The van der Waals surface area contributed by atoms with E-state index in [-0.39, 0.29) is 65.8 Å². The molecule has 312 valence electrons. The summed E-state index contributed by atoms with van der Waals surface area (Å²) in [4.78, 5) is 39.4. The van der Waals surface area contributed by atoms with Crippen molar-refractivity contribution in [2.24, 2.45) is 58.2 Å². The fourth-order valence-corrected chi connectivity index (χ4v) is 12.2. The lowest BCUT2D eigenvalue weighted by atomic mass is 9.45. The summed E-state index contributed by atoms with van der Waals surface area (Å²) in [5, 5.41) is 30.1. The number of amides is 2. The number of aliphatic hydroxyl groups excluding tert-OH is 2. The van der Waals surface area contributed by atoms with E-state index in [2.05, 4.69) is 90.2 Å². The number of carbonyl (C=O) groups excluding carboxylic acids is 2. The molecule has 11 nitrogen and oxygen atoms in total. The Labute approximate surface area is 328 Å². The molecule has 15 atom stereocenters. The Hall–Kier alpha value is -1.34. The highest BCUT2D eigenvalue weighted by Crippen LogP contribution is 2.61. The quantitative estimate of drug-likeness (QED) is 0.204. The molecule has 1 saturated heterocycles. The van der Waals surface area contributed by atoms with Crippen LogP contribution >= 0.6 is 0 Å². The van der Waals surface area contributed by atoms with E-state index in [9.17, 15) is 19.8 Å². The Balaban J connectivity index is 1.31. The number of hydrogen-bond donors (Lipinski definition) is 4. The Morgan fingerprint density at radius 3 is 2.30 bits per heavy atom. The highest BCUT2D eigenvalue weighted by molar-refractivity contribution is 5.83. The van der Waals surface area contributed by atoms with Crippen LogP contribution in [0.5, 0.6) is 0 Å². The fraction of sp³-hybridized carbons (Fsp3) is 0.953. The predicted octanol–water partition coefficient (Wildman–Crippen LogP) is 4.41. The molecule has 6 unspecified atom stereocenters. The number of ether oxygens (including phenoxy) is 1. The maximum atomic E-state index is 14.3. The van der Waals surface area contributed by atoms with Gasteiger partial charge in [0.2, 0.25) is 11.8 Å². The molecule has 0 aromatic carbocycles. The number of fused-ring (bicyclic) bond motifs is 2. The third kappa shape index (κ3) is 9.50. The van der Waals surface area contributed by atoms with Crippen molar-refractivity contribution >= 4 is 11.8 Å². The lowest BCUT2D eigenvalue weighted by Crippen LogP contribution is -2.62. The summed E-state index contributed by atoms with van der Waals surface area (Å²) in [6, 6.07) is -0.339. The van der Waals surface area contributed by atoms with E-state index in [1.165, 1.54) is 6.42 Å². The van der Waals surface area contributed by atoms with Crippen molar-refractivity contribution in [3.63, 3.8) is 0 Å². The first-order chi connectivity index (χ1) is 25.3. The molecule has 6 aliphatic rings. The highest BCUT2D eigenvalue weighted by Gasteiger charge is 2.58. The van der Waals surface area contributed by atoms with Crippen LogP contribution in [0.3, 0.4) is 0 Å². The summed E-state index contributed by atoms with van der Waals surface area (Å²) in [7, 11) is 10.2. The zero-order valence-corrected chi connectivity index (χ0v) is 36.0. The third-order valence-corrected chi connectivity index (χ3v) is 15.0. The summed E-state index contributed by atoms with van der Waals surface area (Å²) < 4.78 is 6.41. The van der Waals surface area contributed by atoms with Crippen LogP contribution in [0.25, 0.3) is 0 Å². The van der Waals surface area contributed by atoms with Crippen LogP contribution in [-0.2, 0) is 19.2 Å². The summed E-state index contributed by atoms with van der Waals surface area (Å²) in [5.74, 6) is 1.73. The van der Waals surface area contributed by atoms with Crippen molar-refractivity contribution in [2.45, 2.75) is 149 Å². The number of hydroxylamine groups is 2. The van der Waals surface area contributed by atoms with Gasteiger partial charge in [0, 0.05) is 50.2 Å². The van der Waals surface area contributed by atoms with Crippen LogP contribution in [0.15, 0.2) is 0 Å². The molecular weight excluding hydrogens is 683 g/mol. The van der Waals surface area contributed by atoms with Gasteiger partial charge in [-0.05, 0) is 127 Å². The lowest BCUT2D eigenvalue weighted by molar-refractivity contribution is -0.193. The maximum absolute atomic E-state index is 14.3. The fourth-order valence-electron chi connectivity index (χ4n) is 12.2. The van der Waals surface area contributed by atoms with Crippen LogP contribution in [0, 0.1) is 58.2 Å². The number of carbonyl (C=O) groups is 2. The van der Waals surface area contributed by atoms with Gasteiger partial charge in [0.15, 0.2) is 0 Å². The van der Waals surface area contributed by atoms with Crippen LogP contribution in [0.4, 0.5) is 0 Å². The van der Waals surface area contributed by atoms with Crippen molar-refractivity contribution in [3.8, 4) is 0 Å². The molecule has 11 heteroatoms. The van der Waals surface area contributed by atoms with E-state index in [4.69, 9.17) is 9.57 Å². The van der Waals surface area contributed by atoms with E-state index >= 15 is 0 Å². The molecule has 54 heavy (non-hydrogen) atoms. The molecule has 4 N–H and O–H groups in total. The zero-order chi connectivity index (χ0) is 39.9. The normalized spacial score (nSPS) is 39.6. The number of aliphatic hydroxyl groups is 2. The Morgan fingerprint density at radius 1 is 1.04 bits per heavy atom. The molecule has 0 radical (unpaired) electrons. The van der Waals surface area contributed by atoms with E-state index in [0.717, 1.165) is 57.9 Å². The van der Waals surface area contributed by atoms with E-state index < -0.39 is 24.2 Å². The summed E-state index contributed by atoms with van der Waals surface area (Å²) in [6.07, 6.45) is 7.47. The van der Waals surface area contributed by atoms with Gasteiger partial charge in [-0.2, -0.15) is 5.06 Å². The monoisotopic (exact) mass is 762 g/mol. The van der Waals surface area contributed by atoms with E-state index in [0.29, 0.717) is 35.6 Å². The van der Waals surface area contributed by atoms with Crippen LogP contribution in [0.2, 0.25) is 0 Å². The number of nitrogens with zero attached hydrogens (tertiary/aromatic N) is 3. The van der Waals surface area contributed by atoms with E-state index in [1.54, 1.807) is 12.0 Å². The molecule has 2 bridgehead atoms. The second kappa shape index (κ2) is 17.7. The largest absolute Gasteiger partial charge is 0.394 e. The highest BCUT2D eigenvalue weighted by atomic mass is 16.7. The minimum absolute atomic E-state index is 0.0519. The van der Waals surface area contributed by atoms with Crippen molar-refractivity contribution in [2.75, 3.05) is 55.0 Å². The average molecular weight is 762 g/mol. The number of rotatable bonds is 14. The van der Waals surface area contributed by atoms with Crippen molar-refractivity contribution in [3.05, 3.63) is 0 Å². The first-order valence-electron chi connectivity index (χ1n) is 21.4.